The molecule has 0 atom stereocenters. The molecule has 6 nitrogen and oxygen atoms in total. The number of rotatable bonds is 6. The Morgan fingerprint density at radius 2 is 1.82 bits per heavy atom. The van der Waals surface area contributed by atoms with Gasteiger partial charge in [-0.1, -0.05) is 29.0 Å². The summed E-state index contributed by atoms with van der Waals surface area (Å²) in [6.07, 6.45) is 0. The lowest BCUT2D eigenvalue weighted by atomic mass is 10.1. The van der Waals surface area contributed by atoms with E-state index in [0.29, 0.717) is 23.6 Å². The van der Waals surface area contributed by atoms with Gasteiger partial charge in [-0.05, 0) is 51.1 Å². The second kappa shape index (κ2) is 8.84. The lowest BCUT2D eigenvalue weighted by Crippen LogP contribution is -2.23. The molecule has 0 N–H and O–H groups in total. The molecule has 0 aliphatic heterocycles. The van der Waals surface area contributed by atoms with Gasteiger partial charge >= 0.3 is 5.97 Å². The number of carbonyl (C=O) groups is 2. The third kappa shape index (κ3) is 4.48. The van der Waals surface area contributed by atoms with Crippen molar-refractivity contribution < 1.29 is 19.1 Å². The monoisotopic (exact) mass is 398 g/mol. The third-order valence-electron chi connectivity index (χ3n) is 4.05. The van der Waals surface area contributed by atoms with Gasteiger partial charge in [-0.2, -0.15) is 4.99 Å². The summed E-state index contributed by atoms with van der Waals surface area (Å²) in [6.45, 7) is 6.48. The van der Waals surface area contributed by atoms with Gasteiger partial charge in [0.25, 0.3) is 5.91 Å². The van der Waals surface area contributed by atoms with Gasteiger partial charge in [-0.3, -0.25) is 9.59 Å². The maximum Gasteiger partial charge on any atom is 0.326 e. The normalized spacial score (nSPS) is 11.6. The number of nitrogens with zero attached hydrogens (tertiary/aromatic N) is 2. The van der Waals surface area contributed by atoms with E-state index in [1.165, 1.54) is 11.3 Å². The lowest BCUT2D eigenvalue weighted by molar-refractivity contribution is -0.143. The zero-order valence-electron chi connectivity index (χ0n) is 16.1. The number of fused-ring (bicyclic) bond motifs is 1. The number of carbonyl (C=O) groups excluding carboxylic acids is 2. The summed E-state index contributed by atoms with van der Waals surface area (Å²) in [5, 5.41) is 0. The van der Waals surface area contributed by atoms with E-state index in [1.807, 2.05) is 44.2 Å². The van der Waals surface area contributed by atoms with Crippen LogP contribution in [0.1, 0.15) is 29.8 Å². The van der Waals surface area contributed by atoms with Crippen LogP contribution in [0.4, 0.5) is 0 Å². The molecule has 0 bridgehead atoms. The standard InChI is InChI=1S/C21H22N2O4S/c1-4-26-16-10-11-17-18(12-16)28-21(23(17)13-19(24)27-5-2)22-20(25)15-8-6-14(3)7-9-15/h6-12H,4-5,13H2,1-3H3. The van der Waals surface area contributed by atoms with Crippen molar-refractivity contribution in [2.75, 3.05) is 13.2 Å². The Kier molecular flexibility index (Phi) is 6.26. The molecule has 3 aromatic rings. The van der Waals surface area contributed by atoms with Crippen molar-refractivity contribution in [1.29, 1.82) is 0 Å². The molecule has 0 aliphatic carbocycles. The van der Waals surface area contributed by atoms with Crippen molar-refractivity contribution in [2.24, 2.45) is 4.99 Å². The first-order valence-electron chi connectivity index (χ1n) is 9.09. The predicted molar refractivity (Wildman–Crippen MR) is 109 cm³/mol. The average Bonchev–Trinajstić information content (AvgIpc) is 2.99. The average molecular weight is 398 g/mol. The largest absolute Gasteiger partial charge is 0.494 e. The molecule has 1 heterocycles. The highest BCUT2D eigenvalue weighted by Gasteiger charge is 2.13. The van der Waals surface area contributed by atoms with Gasteiger partial charge in [-0.25, -0.2) is 0 Å². The summed E-state index contributed by atoms with van der Waals surface area (Å²) < 4.78 is 13.2. The molecule has 0 aliphatic rings. The van der Waals surface area contributed by atoms with Crippen LogP contribution in [0.15, 0.2) is 47.5 Å². The molecule has 1 aromatic heterocycles. The number of aromatic nitrogens is 1. The zero-order valence-corrected chi connectivity index (χ0v) is 16.9. The van der Waals surface area contributed by atoms with Gasteiger partial charge in [0, 0.05) is 5.56 Å². The Bertz CT molecular complexity index is 1060. The summed E-state index contributed by atoms with van der Waals surface area (Å²) in [6, 6.07) is 12.8. The van der Waals surface area contributed by atoms with E-state index in [4.69, 9.17) is 9.47 Å². The van der Waals surface area contributed by atoms with Crippen molar-refractivity contribution in [3.63, 3.8) is 0 Å². The highest BCUT2D eigenvalue weighted by atomic mass is 32.1. The van der Waals surface area contributed by atoms with Crippen LogP contribution in [0.25, 0.3) is 10.2 Å². The Hall–Kier alpha value is -2.93. The van der Waals surface area contributed by atoms with Crippen LogP contribution in [-0.2, 0) is 16.1 Å². The first-order valence-corrected chi connectivity index (χ1v) is 9.91. The topological polar surface area (TPSA) is 69.9 Å². The highest BCUT2D eigenvalue weighted by molar-refractivity contribution is 7.16. The molecule has 28 heavy (non-hydrogen) atoms. The molecule has 146 valence electrons. The van der Waals surface area contributed by atoms with Crippen molar-refractivity contribution in [2.45, 2.75) is 27.3 Å². The van der Waals surface area contributed by atoms with Gasteiger partial charge in [0.05, 0.1) is 23.4 Å². The van der Waals surface area contributed by atoms with E-state index in [9.17, 15) is 9.59 Å². The number of esters is 1. The van der Waals surface area contributed by atoms with E-state index in [0.717, 1.165) is 21.5 Å². The van der Waals surface area contributed by atoms with Gasteiger partial charge in [0.2, 0.25) is 0 Å². The van der Waals surface area contributed by atoms with Crippen LogP contribution in [0.5, 0.6) is 5.75 Å². The fourth-order valence-electron chi connectivity index (χ4n) is 2.73. The van der Waals surface area contributed by atoms with E-state index in [-0.39, 0.29) is 18.4 Å². The zero-order chi connectivity index (χ0) is 20.1. The van der Waals surface area contributed by atoms with Crippen molar-refractivity contribution in [1.82, 2.24) is 4.57 Å². The minimum atomic E-state index is -0.375. The maximum absolute atomic E-state index is 12.6. The van der Waals surface area contributed by atoms with Gasteiger partial charge in [-0.15, -0.1) is 0 Å². The summed E-state index contributed by atoms with van der Waals surface area (Å²) >= 11 is 1.34. The van der Waals surface area contributed by atoms with Crippen LogP contribution in [-0.4, -0.2) is 29.7 Å². The second-order valence-electron chi connectivity index (χ2n) is 6.12. The minimum absolute atomic E-state index is 0.0121. The number of hydrogen-bond acceptors (Lipinski definition) is 5. The van der Waals surface area contributed by atoms with Crippen LogP contribution in [0.3, 0.4) is 0 Å². The number of ether oxygens (including phenoxy) is 2. The van der Waals surface area contributed by atoms with Gasteiger partial charge in [0.1, 0.15) is 12.3 Å². The lowest BCUT2D eigenvalue weighted by Gasteiger charge is -2.06. The Morgan fingerprint density at radius 3 is 2.50 bits per heavy atom. The summed E-state index contributed by atoms with van der Waals surface area (Å²) in [4.78, 5) is 29.4. The predicted octanol–water partition coefficient (Wildman–Crippen LogP) is 3.71. The van der Waals surface area contributed by atoms with Crippen LogP contribution < -0.4 is 9.54 Å². The Labute approximate surface area is 167 Å². The summed E-state index contributed by atoms with van der Waals surface area (Å²) in [5.41, 5.74) is 2.37. The van der Waals surface area contributed by atoms with Crippen LogP contribution in [0.2, 0.25) is 0 Å². The van der Waals surface area contributed by atoms with E-state index in [2.05, 4.69) is 4.99 Å². The second-order valence-corrected chi connectivity index (χ2v) is 7.13. The van der Waals surface area contributed by atoms with Crippen molar-refractivity contribution in [3.05, 3.63) is 58.4 Å². The quantitative estimate of drug-likeness (QED) is 0.594. The smallest absolute Gasteiger partial charge is 0.326 e. The molecule has 7 heteroatoms. The minimum Gasteiger partial charge on any atom is -0.494 e. The first-order chi connectivity index (χ1) is 13.5. The molecular formula is C21H22N2O4S. The fraction of sp³-hybridized carbons (Fsp3) is 0.286. The van der Waals surface area contributed by atoms with Crippen LogP contribution in [0, 0.1) is 6.92 Å². The number of benzene rings is 2. The fourth-order valence-corrected chi connectivity index (χ4v) is 3.79. The van der Waals surface area contributed by atoms with E-state index in [1.54, 1.807) is 23.6 Å². The molecule has 0 spiro atoms. The molecule has 0 fully saturated rings. The molecule has 0 radical (unpaired) electrons. The van der Waals surface area contributed by atoms with Crippen molar-refractivity contribution >= 4 is 33.4 Å². The third-order valence-corrected chi connectivity index (χ3v) is 5.09. The maximum atomic E-state index is 12.6. The van der Waals surface area contributed by atoms with E-state index < -0.39 is 0 Å². The highest BCUT2D eigenvalue weighted by Crippen LogP contribution is 2.23. The summed E-state index contributed by atoms with van der Waals surface area (Å²) in [7, 11) is 0. The molecule has 0 saturated heterocycles. The number of hydrogen-bond donors (Lipinski definition) is 0. The Morgan fingerprint density at radius 1 is 1.07 bits per heavy atom. The van der Waals surface area contributed by atoms with Crippen LogP contribution >= 0.6 is 11.3 Å². The molecule has 3 rings (SSSR count). The SMILES string of the molecule is CCOC(=O)Cn1c(=NC(=O)c2ccc(C)cc2)sc2cc(OCC)ccc21. The molecule has 2 aromatic carbocycles. The number of aryl methyl sites for hydroxylation is 1. The Balaban J connectivity index is 2.08. The molecular weight excluding hydrogens is 376 g/mol. The van der Waals surface area contributed by atoms with E-state index >= 15 is 0 Å². The molecule has 1 amide bonds. The van der Waals surface area contributed by atoms with Crippen molar-refractivity contribution in [3.8, 4) is 5.75 Å². The number of thiazole rings is 1. The summed E-state index contributed by atoms with van der Waals surface area (Å²) in [5.74, 6) is 0.00506. The molecule has 0 saturated carbocycles. The first kappa shape index (κ1) is 19.8. The van der Waals surface area contributed by atoms with Gasteiger partial charge < -0.3 is 14.0 Å². The van der Waals surface area contributed by atoms with Gasteiger partial charge in [0.15, 0.2) is 4.80 Å². The molecule has 0 unspecified atom stereocenters. The number of amides is 1.